The van der Waals surface area contributed by atoms with E-state index in [0.717, 1.165) is 66.8 Å². The molecule has 25 nitrogen and oxygen atoms in total. The minimum Gasteiger partial charge on any atom is -0.497 e. The first kappa shape index (κ1) is 93.2. The molecule has 14 aromatic rings. The lowest BCUT2D eigenvalue weighted by atomic mass is 9.96. The third kappa shape index (κ3) is 25.4. The average molecular weight is 1800 g/mol. The van der Waals surface area contributed by atoms with Gasteiger partial charge in [-0.15, -0.1) is 0 Å². The molecule has 0 atom stereocenters. The summed E-state index contributed by atoms with van der Waals surface area (Å²) in [5, 5.41) is 3.97. The van der Waals surface area contributed by atoms with Crippen LogP contribution < -0.4 is 119 Å². The van der Waals surface area contributed by atoms with E-state index in [1.807, 2.05) is 218 Å². The minimum absolute atomic E-state index is 0.116. The Labute approximate surface area is 774 Å². The lowest BCUT2D eigenvalue weighted by Gasteiger charge is -2.19. The first-order chi connectivity index (χ1) is 64.8. The van der Waals surface area contributed by atoms with Crippen LogP contribution in [0.5, 0.6) is 138 Å². The van der Waals surface area contributed by atoms with E-state index in [4.69, 9.17) is 114 Å². The monoisotopic (exact) mass is 1800 g/mol. The van der Waals surface area contributed by atoms with Gasteiger partial charge >= 0.3 is 0 Å². The molecule has 0 heterocycles. The number of rotatable bonds is 46. The summed E-state index contributed by atoms with van der Waals surface area (Å²) in [5.41, 5.74) is 13.3. The first-order valence-corrected chi connectivity index (χ1v) is 42.3. The third-order valence-electron chi connectivity index (χ3n) is 21.5. The Kier molecular flexibility index (Phi) is 31.5. The fourth-order valence-electron chi connectivity index (χ4n) is 14.8. The van der Waals surface area contributed by atoms with Gasteiger partial charge < -0.3 is 119 Å². The first-order valence-electron chi connectivity index (χ1n) is 42.3. The van der Waals surface area contributed by atoms with E-state index in [2.05, 4.69) is 41.7 Å². The maximum Gasteiger partial charge on any atom is 0.124 e. The molecule has 0 spiro atoms. The van der Waals surface area contributed by atoms with Crippen molar-refractivity contribution < 1.29 is 114 Å². The summed E-state index contributed by atoms with van der Waals surface area (Å²) >= 11 is 0. The SMILES string of the molecule is COc1cc(COc2cc(OCc3cc(OC)cc(OC)c3)cc(-c3cc(Nc4cc(-c5cc(OCc6cc(OC)cc(OC)c6)cc(OCc6cc(OC)cc(OC)c6)c5)cc(-c5cc(OCc6cc(OC)cc(OC)c6)cc(OCc6cc(OC)cc(OC)c6)c5)c4)cc(-c4cc(OCc5cc(OC)cc(OC)c5)cc(OCc5cc(OC)cc(OC)c5)c4)c3)c2)cc(OC)c1. The number of methoxy groups -OCH3 is 16. The van der Waals surface area contributed by atoms with E-state index in [0.29, 0.717) is 172 Å². The van der Waals surface area contributed by atoms with Crippen molar-refractivity contribution in [2.45, 2.75) is 52.9 Å². The molecule has 0 aliphatic carbocycles. The van der Waals surface area contributed by atoms with Gasteiger partial charge in [0, 0.05) is 84.2 Å². The quantitative estimate of drug-likeness (QED) is 0.0373. The molecule has 688 valence electrons. The summed E-state index contributed by atoms with van der Waals surface area (Å²) in [7, 11) is 25.7. The summed E-state index contributed by atoms with van der Waals surface area (Å²) in [6, 6.07) is 80.7. The molecule has 0 amide bonds. The number of anilines is 2. The van der Waals surface area contributed by atoms with Crippen LogP contribution in [-0.4, -0.2) is 114 Å². The molecule has 0 radical (unpaired) electrons. The van der Waals surface area contributed by atoms with E-state index >= 15 is 0 Å². The Morgan fingerprint density at radius 3 is 0.338 bits per heavy atom. The molecule has 25 heteroatoms. The standard InChI is InChI=1S/C108H107NO24/c1-110-85-17-67(18-86(47-85)111-2)59-126-101-39-79(40-102(55-101)127-60-68-19-87(112-3)48-88(20-68)113-4)75-33-76(80-41-103(128-61-69-21-89(114-5)49-90(22-69)115-6)56-104(42-80)129-62-70-23-91(116-7)50-92(24-70)117-8)36-83(35-75)109-84-37-77(81-43-105(130-63-71-25-93(118-9)51-94(26-71)119-10)57-106(44-81)131-64-72-27-95(120-11)52-96(28-72)121-12)34-78(38-84)82-45-107(132-65-73-29-97(122-13)53-98(30-73)123-14)58-108(46-82)133-66-74-31-99(124-15)54-100(32-74)125-16/h17-58,109H,59-66H2,1-16H3. The summed E-state index contributed by atoms with van der Waals surface area (Å²) in [5.74, 6) is 13.4. The molecule has 0 saturated carbocycles. The number of benzene rings is 14. The molecule has 0 aliphatic rings. The van der Waals surface area contributed by atoms with Gasteiger partial charge in [-0.2, -0.15) is 0 Å². The minimum atomic E-state index is 0.116. The van der Waals surface area contributed by atoms with Crippen molar-refractivity contribution in [3.05, 3.63) is 299 Å². The molecule has 0 aliphatic heterocycles. The number of hydrogen-bond acceptors (Lipinski definition) is 25. The maximum absolute atomic E-state index is 6.86. The second-order valence-electron chi connectivity index (χ2n) is 30.6. The fraction of sp³-hybridized carbons (Fsp3) is 0.222. The number of ether oxygens (including phenoxy) is 24. The van der Waals surface area contributed by atoms with Crippen molar-refractivity contribution in [3.8, 4) is 182 Å². The second-order valence-corrected chi connectivity index (χ2v) is 30.6. The molecule has 0 bridgehead atoms. The topological polar surface area (TPSA) is 234 Å². The van der Waals surface area contributed by atoms with Gasteiger partial charge in [0.15, 0.2) is 0 Å². The van der Waals surface area contributed by atoms with Crippen molar-refractivity contribution in [3.63, 3.8) is 0 Å². The van der Waals surface area contributed by atoms with Crippen molar-refractivity contribution >= 4 is 11.4 Å². The molecule has 0 saturated heterocycles. The van der Waals surface area contributed by atoms with E-state index in [9.17, 15) is 0 Å². The molecule has 14 rings (SSSR count). The van der Waals surface area contributed by atoms with Gasteiger partial charge in [-0.05, 0) is 271 Å². The molecule has 14 aromatic carbocycles. The second kappa shape index (κ2) is 44.9. The highest BCUT2D eigenvalue weighted by Gasteiger charge is 2.21. The van der Waals surface area contributed by atoms with Crippen LogP contribution in [0.3, 0.4) is 0 Å². The van der Waals surface area contributed by atoms with Crippen molar-refractivity contribution in [2.75, 3.05) is 119 Å². The lowest BCUT2D eigenvalue weighted by molar-refractivity contribution is 0.288. The zero-order chi connectivity index (χ0) is 93.3. The van der Waals surface area contributed by atoms with E-state index in [1.54, 1.807) is 114 Å². The van der Waals surface area contributed by atoms with Crippen molar-refractivity contribution in [1.29, 1.82) is 0 Å². The molecular formula is C108H107NO24. The molecule has 1 N–H and O–H groups in total. The summed E-state index contributed by atoms with van der Waals surface area (Å²) in [4.78, 5) is 0. The third-order valence-corrected chi connectivity index (χ3v) is 21.5. The Hall–Kier alpha value is -15.9. The Morgan fingerprint density at radius 2 is 0.226 bits per heavy atom. The van der Waals surface area contributed by atoms with Gasteiger partial charge in [0.25, 0.3) is 0 Å². The Bertz CT molecular complexity index is 5110. The van der Waals surface area contributed by atoms with Crippen molar-refractivity contribution in [2.24, 2.45) is 0 Å². The van der Waals surface area contributed by atoms with Crippen LogP contribution >= 0.6 is 0 Å². The molecule has 0 fully saturated rings. The van der Waals surface area contributed by atoms with Crippen LogP contribution in [0.25, 0.3) is 44.5 Å². The zero-order valence-electron chi connectivity index (χ0n) is 77.2. The molecular weight excluding hydrogens is 1700 g/mol. The van der Waals surface area contributed by atoms with E-state index in [-0.39, 0.29) is 52.9 Å². The van der Waals surface area contributed by atoms with Crippen LogP contribution in [0, 0.1) is 0 Å². The van der Waals surface area contributed by atoms with Gasteiger partial charge in [0.05, 0.1) is 114 Å². The predicted octanol–water partition coefficient (Wildman–Crippen LogP) is 22.9. The summed E-state index contributed by atoms with van der Waals surface area (Å²) in [6.45, 7) is 0.928. The van der Waals surface area contributed by atoms with Crippen LogP contribution in [0.1, 0.15) is 44.5 Å². The van der Waals surface area contributed by atoms with Crippen LogP contribution in [0.4, 0.5) is 11.4 Å². The predicted molar refractivity (Wildman–Crippen MR) is 509 cm³/mol. The highest BCUT2D eigenvalue weighted by Crippen LogP contribution is 2.45. The Morgan fingerprint density at radius 1 is 0.120 bits per heavy atom. The smallest absolute Gasteiger partial charge is 0.124 e. The number of hydrogen-bond donors (Lipinski definition) is 1. The van der Waals surface area contributed by atoms with Gasteiger partial charge in [-0.25, -0.2) is 0 Å². The normalized spacial score (nSPS) is 10.8. The average Bonchev–Trinajstić information content (AvgIpc) is 0.785. The maximum atomic E-state index is 6.86. The lowest BCUT2D eigenvalue weighted by Crippen LogP contribution is -2.01. The van der Waals surface area contributed by atoms with Gasteiger partial charge in [0.1, 0.15) is 191 Å². The van der Waals surface area contributed by atoms with Gasteiger partial charge in [-0.3, -0.25) is 0 Å². The largest absolute Gasteiger partial charge is 0.497 e. The molecule has 133 heavy (non-hydrogen) atoms. The molecule has 0 unspecified atom stereocenters. The highest BCUT2D eigenvalue weighted by molar-refractivity contribution is 5.85. The van der Waals surface area contributed by atoms with Crippen LogP contribution in [0.2, 0.25) is 0 Å². The van der Waals surface area contributed by atoms with Crippen LogP contribution in [0.15, 0.2) is 255 Å². The highest BCUT2D eigenvalue weighted by atomic mass is 16.5. The fourth-order valence-corrected chi connectivity index (χ4v) is 14.8. The van der Waals surface area contributed by atoms with Crippen LogP contribution in [-0.2, 0) is 52.9 Å². The molecule has 0 aromatic heterocycles. The summed E-state index contributed by atoms with van der Waals surface area (Å²) in [6.07, 6.45) is 0. The van der Waals surface area contributed by atoms with Gasteiger partial charge in [0.2, 0.25) is 0 Å². The zero-order valence-corrected chi connectivity index (χ0v) is 77.2. The van der Waals surface area contributed by atoms with Gasteiger partial charge in [-0.1, -0.05) is 0 Å². The summed E-state index contributed by atoms with van der Waals surface area (Å²) < 4.78 is 147. The van der Waals surface area contributed by atoms with E-state index in [1.165, 1.54) is 0 Å². The van der Waals surface area contributed by atoms with Crippen molar-refractivity contribution in [1.82, 2.24) is 0 Å². The Balaban J connectivity index is 0.983. The van der Waals surface area contributed by atoms with E-state index < -0.39 is 0 Å². The number of nitrogens with one attached hydrogen (secondary N) is 1.